The molecule has 2 rings (SSSR count). The predicted octanol–water partition coefficient (Wildman–Crippen LogP) is 3.30. The molecular formula is C16H25NO2. The predicted molar refractivity (Wildman–Crippen MR) is 77.6 cm³/mol. The molecule has 0 aliphatic heterocycles. The van der Waals surface area contributed by atoms with Crippen LogP contribution in [-0.4, -0.2) is 25.9 Å². The Labute approximate surface area is 116 Å². The Bertz CT molecular complexity index is 373. The molecule has 0 spiro atoms. The van der Waals surface area contributed by atoms with E-state index in [1.54, 1.807) is 7.11 Å². The Morgan fingerprint density at radius 1 is 1.26 bits per heavy atom. The second-order valence-electron chi connectivity index (χ2n) is 5.28. The van der Waals surface area contributed by atoms with Crippen LogP contribution in [0.15, 0.2) is 24.3 Å². The third-order valence-electron chi connectivity index (χ3n) is 3.53. The SMILES string of the molecule is CCNC(CC(C)OC)c1ccc(OC2CC2)cc1. The van der Waals surface area contributed by atoms with E-state index in [1.165, 1.54) is 18.4 Å². The minimum atomic E-state index is 0.256. The molecule has 1 aliphatic carbocycles. The van der Waals surface area contributed by atoms with Crippen molar-refractivity contribution < 1.29 is 9.47 Å². The van der Waals surface area contributed by atoms with Gasteiger partial charge in [-0.15, -0.1) is 0 Å². The summed E-state index contributed by atoms with van der Waals surface area (Å²) in [6, 6.07) is 8.82. The van der Waals surface area contributed by atoms with Gasteiger partial charge in [-0.1, -0.05) is 19.1 Å². The third kappa shape index (κ3) is 4.51. The molecule has 106 valence electrons. The first-order valence-electron chi connectivity index (χ1n) is 7.25. The van der Waals surface area contributed by atoms with Crippen molar-refractivity contribution in [2.75, 3.05) is 13.7 Å². The first-order valence-corrected chi connectivity index (χ1v) is 7.25. The number of ether oxygens (including phenoxy) is 2. The van der Waals surface area contributed by atoms with E-state index in [0.29, 0.717) is 12.1 Å². The number of nitrogens with one attached hydrogen (secondary N) is 1. The Kier molecular flexibility index (Phi) is 5.23. The summed E-state index contributed by atoms with van der Waals surface area (Å²) in [6.07, 6.45) is 4.10. The van der Waals surface area contributed by atoms with Crippen molar-refractivity contribution in [3.63, 3.8) is 0 Å². The van der Waals surface area contributed by atoms with Crippen molar-refractivity contribution in [3.8, 4) is 5.75 Å². The van der Waals surface area contributed by atoms with Gasteiger partial charge in [-0.05, 0) is 50.4 Å². The molecule has 1 saturated carbocycles. The van der Waals surface area contributed by atoms with Gasteiger partial charge in [0, 0.05) is 13.2 Å². The summed E-state index contributed by atoms with van der Waals surface area (Å²) in [7, 11) is 1.76. The van der Waals surface area contributed by atoms with Gasteiger partial charge in [-0.3, -0.25) is 0 Å². The maximum absolute atomic E-state index is 5.78. The average Bonchev–Trinajstić information content (AvgIpc) is 3.23. The lowest BCUT2D eigenvalue weighted by Crippen LogP contribution is -2.25. The second kappa shape index (κ2) is 6.92. The van der Waals surface area contributed by atoms with E-state index in [2.05, 4.69) is 43.4 Å². The lowest BCUT2D eigenvalue weighted by atomic mass is 10.0. The fourth-order valence-corrected chi connectivity index (χ4v) is 2.17. The van der Waals surface area contributed by atoms with Gasteiger partial charge >= 0.3 is 0 Å². The Morgan fingerprint density at radius 2 is 1.95 bits per heavy atom. The van der Waals surface area contributed by atoms with Crippen molar-refractivity contribution in [1.29, 1.82) is 0 Å². The van der Waals surface area contributed by atoms with Gasteiger partial charge in [0.15, 0.2) is 0 Å². The van der Waals surface area contributed by atoms with Crippen LogP contribution in [0.3, 0.4) is 0 Å². The number of hydrogen-bond acceptors (Lipinski definition) is 3. The number of rotatable bonds is 8. The van der Waals surface area contributed by atoms with E-state index in [9.17, 15) is 0 Å². The van der Waals surface area contributed by atoms with Gasteiger partial charge in [0.1, 0.15) is 5.75 Å². The monoisotopic (exact) mass is 263 g/mol. The minimum absolute atomic E-state index is 0.256. The maximum atomic E-state index is 5.78. The van der Waals surface area contributed by atoms with Crippen molar-refractivity contribution >= 4 is 0 Å². The standard InChI is InChI=1S/C16H25NO2/c1-4-17-16(11-12(2)18-3)13-5-7-14(8-6-13)19-15-9-10-15/h5-8,12,15-17H,4,9-11H2,1-3H3. The third-order valence-corrected chi connectivity index (χ3v) is 3.53. The molecule has 2 atom stereocenters. The summed E-state index contributed by atoms with van der Waals surface area (Å²) in [4.78, 5) is 0. The van der Waals surface area contributed by atoms with Crippen LogP contribution in [0.5, 0.6) is 5.75 Å². The highest BCUT2D eigenvalue weighted by Gasteiger charge is 2.23. The number of benzene rings is 1. The largest absolute Gasteiger partial charge is 0.490 e. The zero-order valence-electron chi connectivity index (χ0n) is 12.2. The van der Waals surface area contributed by atoms with Crippen LogP contribution in [0.4, 0.5) is 0 Å². The van der Waals surface area contributed by atoms with E-state index < -0.39 is 0 Å². The summed E-state index contributed by atoms with van der Waals surface area (Å²) in [5.74, 6) is 0.987. The molecule has 0 aromatic heterocycles. The summed E-state index contributed by atoms with van der Waals surface area (Å²) in [5.41, 5.74) is 1.30. The molecule has 1 fully saturated rings. The van der Waals surface area contributed by atoms with Gasteiger partial charge in [-0.2, -0.15) is 0 Å². The van der Waals surface area contributed by atoms with Gasteiger partial charge in [0.25, 0.3) is 0 Å². The number of hydrogen-bond donors (Lipinski definition) is 1. The molecule has 1 aromatic carbocycles. The van der Waals surface area contributed by atoms with Crippen molar-refractivity contribution in [3.05, 3.63) is 29.8 Å². The summed E-state index contributed by atoms with van der Waals surface area (Å²) in [6.45, 7) is 5.20. The van der Waals surface area contributed by atoms with Crippen LogP contribution in [0.2, 0.25) is 0 Å². The highest BCUT2D eigenvalue weighted by molar-refractivity contribution is 5.29. The first-order chi connectivity index (χ1) is 9.22. The quantitative estimate of drug-likeness (QED) is 0.780. The molecule has 1 aliphatic rings. The fourth-order valence-electron chi connectivity index (χ4n) is 2.17. The van der Waals surface area contributed by atoms with Crippen LogP contribution in [-0.2, 0) is 4.74 Å². The average molecular weight is 263 g/mol. The zero-order valence-corrected chi connectivity index (χ0v) is 12.2. The van der Waals surface area contributed by atoms with Crippen LogP contribution in [0.25, 0.3) is 0 Å². The van der Waals surface area contributed by atoms with Crippen LogP contribution in [0, 0.1) is 0 Å². The molecular weight excluding hydrogens is 238 g/mol. The minimum Gasteiger partial charge on any atom is -0.490 e. The second-order valence-corrected chi connectivity index (χ2v) is 5.28. The van der Waals surface area contributed by atoms with E-state index in [-0.39, 0.29) is 6.10 Å². The van der Waals surface area contributed by atoms with E-state index in [1.807, 2.05) is 0 Å². The molecule has 0 radical (unpaired) electrons. The molecule has 1 N–H and O–H groups in total. The van der Waals surface area contributed by atoms with Gasteiger partial charge < -0.3 is 14.8 Å². The molecule has 0 bridgehead atoms. The topological polar surface area (TPSA) is 30.5 Å². The molecule has 2 unspecified atom stereocenters. The van der Waals surface area contributed by atoms with Crippen LogP contribution in [0.1, 0.15) is 44.7 Å². The molecule has 1 aromatic rings. The van der Waals surface area contributed by atoms with Gasteiger partial charge in [0.05, 0.1) is 12.2 Å². The van der Waals surface area contributed by atoms with Crippen molar-refractivity contribution in [2.24, 2.45) is 0 Å². The lowest BCUT2D eigenvalue weighted by Gasteiger charge is -2.21. The molecule has 19 heavy (non-hydrogen) atoms. The smallest absolute Gasteiger partial charge is 0.119 e. The van der Waals surface area contributed by atoms with Gasteiger partial charge in [-0.25, -0.2) is 0 Å². The molecule has 0 amide bonds. The van der Waals surface area contributed by atoms with Gasteiger partial charge in [0.2, 0.25) is 0 Å². The first kappa shape index (κ1) is 14.4. The maximum Gasteiger partial charge on any atom is 0.119 e. The summed E-state index contributed by atoms with van der Waals surface area (Å²) < 4.78 is 11.1. The van der Waals surface area contributed by atoms with E-state index in [0.717, 1.165) is 18.7 Å². The van der Waals surface area contributed by atoms with Crippen LogP contribution < -0.4 is 10.1 Å². The highest BCUT2D eigenvalue weighted by Crippen LogP contribution is 2.28. The fraction of sp³-hybridized carbons (Fsp3) is 0.625. The van der Waals surface area contributed by atoms with Crippen molar-refractivity contribution in [2.45, 2.75) is 51.4 Å². The van der Waals surface area contributed by atoms with E-state index >= 15 is 0 Å². The molecule has 0 heterocycles. The zero-order chi connectivity index (χ0) is 13.7. The Balaban J connectivity index is 1.98. The van der Waals surface area contributed by atoms with Crippen LogP contribution >= 0.6 is 0 Å². The Morgan fingerprint density at radius 3 is 2.47 bits per heavy atom. The number of methoxy groups -OCH3 is 1. The highest BCUT2D eigenvalue weighted by atomic mass is 16.5. The van der Waals surface area contributed by atoms with E-state index in [4.69, 9.17) is 9.47 Å². The summed E-state index contributed by atoms with van der Waals surface area (Å²) >= 11 is 0. The summed E-state index contributed by atoms with van der Waals surface area (Å²) in [5, 5.41) is 3.52. The normalized spacial score (nSPS) is 18.1. The molecule has 3 nitrogen and oxygen atoms in total. The molecule has 3 heteroatoms. The molecule has 0 saturated heterocycles. The van der Waals surface area contributed by atoms with Crippen molar-refractivity contribution in [1.82, 2.24) is 5.32 Å². The lowest BCUT2D eigenvalue weighted by molar-refractivity contribution is 0.101. The Hall–Kier alpha value is -1.06.